The molecule has 0 saturated carbocycles. The molecule has 0 fully saturated rings. The van der Waals surface area contributed by atoms with Gasteiger partial charge in [-0.05, 0) is 109 Å². The van der Waals surface area contributed by atoms with E-state index in [0.717, 1.165) is 56.2 Å². The van der Waals surface area contributed by atoms with E-state index in [1.807, 2.05) is 146 Å². The molecule has 0 aliphatic heterocycles. The maximum Gasteiger partial charge on any atom is 0.321 e. The van der Waals surface area contributed by atoms with Gasteiger partial charge in [-0.2, -0.15) is 0 Å². The summed E-state index contributed by atoms with van der Waals surface area (Å²) in [7, 11) is 0. The SMILES string of the molecule is O=c1c(=O)n(-c2ccc(-c3nc4ccccc4n3-c3ccccc3)cc2)c2ccccc2n1-c1ccc(-c2nc3ccccc3n2-c2ccccc2)cc1. The monoisotopic (exact) mass is 698 g/mol. The Balaban J connectivity index is 1.06. The van der Waals surface area contributed by atoms with Crippen LogP contribution in [0.5, 0.6) is 0 Å². The van der Waals surface area contributed by atoms with Gasteiger partial charge in [0.2, 0.25) is 0 Å². The molecule has 0 spiro atoms. The molecule has 8 heteroatoms. The van der Waals surface area contributed by atoms with E-state index in [1.165, 1.54) is 9.13 Å². The molecule has 8 nitrogen and oxygen atoms in total. The van der Waals surface area contributed by atoms with E-state index >= 15 is 0 Å². The molecule has 10 rings (SSSR count). The molecule has 0 radical (unpaired) electrons. The van der Waals surface area contributed by atoms with Gasteiger partial charge in [0.25, 0.3) is 0 Å². The summed E-state index contributed by atoms with van der Waals surface area (Å²) in [5.41, 5.74) is 8.62. The van der Waals surface area contributed by atoms with Gasteiger partial charge >= 0.3 is 11.1 Å². The van der Waals surface area contributed by atoms with Crippen molar-refractivity contribution in [3.8, 4) is 45.5 Å². The topological polar surface area (TPSA) is 79.6 Å². The summed E-state index contributed by atoms with van der Waals surface area (Å²) >= 11 is 0. The van der Waals surface area contributed by atoms with Crippen molar-refractivity contribution in [1.29, 1.82) is 0 Å². The molecule has 0 amide bonds. The smallest absolute Gasteiger partial charge is 0.292 e. The minimum atomic E-state index is -0.645. The van der Waals surface area contributed by atoms with E-state index in [4.69, 9.17) is 9.97 Å². The number of imidazole rings is 2. The van der Waals surface area contributed by atoms with Gasteiger partial charge in [-0.1, -0.05) is 72.8 Å². The van der Waals surface area contributed by atoms with Crippen molar-refractivity contribution in [2.75, 3.05) is 0 Å². The molecule has 0 atom stereocenters. The van der Waals surface area contributed by atoms with Crippen LogP contribution in [0.2, 0.25) is 0 Å². The van der Waals surface area contributed by atoms with Gasteiger partial charge < -0.3 is 0 Å². The summed E-state index contributed by atoms with van der Waals surface area (Å²) < 4.78 is 7.26. The van der Waals surface area contributed by atoms with Crippen molar-refractivity contribution in [3.05, 3.63) is 203 Å². The van der Waals surface area contributed by atoms with Crippen molar-refractivity contribution in [1.82, 2.24) is 28.2 Å². The number of hydrogen-bond acceptors (Lipinski definition) is 4. The quantitative estimate of drug-likeness (QED) is 0.162. The third-order valence-corrected chi connectivity index (χ3v) is 9.87. The highest BCUT2D eigenvalue weighted by Gasteiger charge is 2.19. The van der Waals surface area contributed by atoms with Gasteiger partial charge in [0.15, 0.2) is 0 Å². The van der Waals surface area contributed by atoms with Crippen LogP contribution in [0.15, 0.2) is 192 Å². The van der Waals surface area contributed by atoms with Gasteiger partial charge in [-0.25, -0.2) is 9.97 Å². The third kappa shape index (κ3) is 5.00. The third-order valence-electron chi connectivity index (χ3n) is 9.87. The fraction of sp³-hybridized carbons (Fsp3) is 0. The van der Waals surface area contributed by atoms with Crippen LogP contribution in [0.4, 0.5) is 0 Å². The first kappa shape index (κ1) is 31.2. The Labute approximate surface area is 308 Å². The lowest BCUT2D eigenvalue weighted by Gasteiger charge is -2.16. The molecule has 3 heterocycles. The van der Waals surface area contributed by atoms with Gasteiger partial charge in [-0.15, -0.1) is 0 Å². The zero-order chi connectivity index (χ0) is 36.2. The Kier molecular flexibility index (Phi) is 7.26. The fourth-order valence-electron chi connectivity index (χ4n) is 7.40. The van der Waals surface area contributed by atoms with E-state index < -0.39 is 11.1 Å². The molecule has 0 aliphatic rings. The molecule has 0 saturated heterocycles. The Bertz CT molecular complexity index is 2910. The van der Waals surface area contributed by atoms with Crippen molar-refractivity contribution in [2.45, 2.75) is 0 Å². The van der Waals surface area contributed by atoms with Gasteiger partial charge in [0.05, 0.1) is 33.1 Å². The molecule has 10 aromatic rings. The zero-order valence-electron chi connectivity index (χ0n) is 28.8. The lowest BCUT2D eigenvalue weighted by molar-refractivity contribution is 0.918. The second kappa shape index (κ2) is 12.6. The van der Waals surface area contributed by atoms with Gasteiger partial charge in [0, 0.05) is 33.9 Å². The van der Waals surface area contributed by atoms with Crippen LogP contribution in [-0.2, 0) is 0 Å². The molecule has 256 valence electrons. The largest absolute Gasteiger partial charge is 0.321 e. The minimum Gasteiger partial charge on any atom is -0.292 e. The van der Waals surface area contributed by atoms with E-state index in [1.54, 1.807) is 0 Å². The maximum absolute atomic E-state index is 14.1. The van der Waals surface area contributed by atoms with Crippen molar-refractivity contribution < 1.29 is 0 Å². The number of benzene rings is 7. The number of aromatic nitrogens is 6. The lowest BCUT2D eigenvalue weighted by atomic mass is 10.1. The highest BCUT2D eigenvalue weighted by Crippen LogP contribution is 2.31. The fourth-order valence-corrected chi connectivity index (χ4v) is 7.40. The summed E-state index contributed by atoms with van der Waals surface area (Å²) in [5.74, 6) is 1.56. The normalized spacial score (nSPS) is 11.5. The van der Waals surface area contributed by atoms with Crippen LogP contribution in [-0.4, -0.2) is 28.2 Å². The first-order valence-corrected chi connectivity index (χ1v) is 17.7. The van der Waals surface area contributed by atoms with Crippen molar-refractivity contribution in [3.63, 3.8) is 0 Å². The maximum atomic E-state index is 14.1. The van der Waals surface area contributed by atoms with Crippen LogP contribution >= 0.6 is 0 Å². The second-order valence-electron chi connectivity index (χ2n) is 13.1. The number of fused-ring (bicyclic) bond motifs is 3. The number of rotatable bonds is 6. The molecular weight excluding hydrogens is 669 g/mol. The molecule has 7 aromatic carbocycles. The Morgan fingerprint density at radius 3 is 1.00 bits per heavy atom. The Morgan fingerprint density at radius 1 is 0.296 bits per heavy atom. The molecule has 3 aromatic heterocycles. The summed E-state index contributed by atoms with van der Waals surface area (Å²) in [5, 5.41) is 0. The lowest BCUT2D eigenvalue weighted by Crippen LogP contribution is -2.40. The van der Waals surface area contributed by atoms with E-state index in [2.05, 4.69) is 45.5 Å². The highest BCUT2D eigenvalue weighted by atomic mass is 16.2. The predicted octanol–water partition coefficient (Wildman–Crippen LogP) is 9.15. The van der Waals surface area contributed by atoms with Crippen LogP contribution in [0.25, 0.3) is 78.6 Å². The van der Waals surface area contributed by atoms with E-state index in [9.17, 15) is 9.59 Å². The second-order valence-corrected chi connectivity index (χ2v) is 13.1. The van der Waals surface area contributed by atoms with Crippen molar-refractivity contribution >= 4 is 33.1 Å². The summed E-state index contributed by atoms with van der Waals surface area (Å²) in [6.45, 7) is 0. The zero-order valence-corrected chi connectivity index (χ0v) is 28.8. The van der Waals surface area contributed by atoms with E-state index in [0.29, 0.717) is 22.4 Å². The Hall–Kier alpha value is -7.58. The predicted molar refractivity (Wildman–Crippen MR) is 215 cm³/mol. The standard InChI is InChI=1S/C46H30N6O2/c53-45-46(54)52(36-29-25-32(26-30-36)44-48-38-18-8-10-20-40(38)50(44)34-15-5-2-6-16-34)42-22-12-11-21-41(42)51(45)35-27-23-31(24-28-35)43-47-37-17-7-9-19-39(37)49(43)33-13-3-1-4-14-33/h1-30H. The first-order chi connectivity index (χ1) is 26.6. The number of hydrogen-bond donors (Lipinski definition) is 0. The molecule has 0 bridgehead atoms. The number of para-hydroxylation sites is 8. The Morgan fingerprint density at radius 2 is 0.611 bits per heavy atom. The first-order valence-electron chi connectivity index (χ1n) is 17.7. The molecule has 54 heavy (non-hydrogen) atoms. The summed E-state index contributed by atoms with van der Waals surface area (Å²) in [6.07, 6.45) is 0. The minimum absolute atomic E-state index is 0.585. The summed E-state index contributed by atoms with van der Waals surface area (Å²) in [4.78, 5) is 38.1. The van der Waals surface area contributed by atoms with Crippen LogP contribution < -0.4 is 11.1 Å². The van der Waals surface area contributed by atoms with Gasteiger partial charge in [-0.3, -0.25) is 27.9 Å². The molecular formula is C46H30N6O2. The van der Waals surface area contributed by atoms with Gasteiger partial charge in [0.1, 0.15) is 11.6 Å². The molecule has 0 N–H and O–H groups in total. The average molecular weight is 699 g/mol. The van der Waals surface area contributed by atoms with Crippen LogP contribution in [0, 0.1) is 0 Å². The number of nitrogens with zero attached hydrogens (tertiary/aromatic N) is 6. The highest BCUT2D eigenvalue weighted by molar-refractivity contribution is 5.85. The van der Waals surface area contributed by atoms with E-state index in [-0.39, 0.29) is 0 Å². The average Bonchev–Trinajstić information content (AvgIpc) is 3.82. The molecule has 0 unspecified atom stereocenters. The van der Waals surface area contributed by atoms with Crippen LogP contribution in [0.3, 0.4) is 0 Å². The van der Waals surface area contributed by atoms with Crippen molar-refractivity contribution in [2.24, 2.45) is 0 Å². The summed E-state index contributed by atoms with van der Waals surface area (Å²) in [6, 6.07) is 59.1. The molecule has 0 aliphatic carbocycles. The van der Waals surface area contributed by atoms with Crippen LogP contribution in [0.1, 0.15) is 0 Å².